The molecule has 1 heteroatoms. The van der Waals surface area contributed by atoms with E-state index >= 15 is 0 Å². The molecular formula is C13H19N. The fourth-order valence-electron chi connectivity index (χ4n) is 2.49. The topological polar surface area (TPSA) is 26.0 Å². The van der Waals surface area contributed by atoms with Crippen LogP contribution in [0.5, 0.6) is 0 Å². The molecule has 1 nitrogen and oxygen atoms in total. The van der Waals surface area contributed by atoms with Crippen LogP contribution in [-0.4, -0.2) is 0 Å². The number of aryl methyl sites for hydroxylation is 3. The predicted octanol–water partition coefficient (Wildman–Crippen LogP) is 2.76. The Morgan fingerprint density at radius 2 is 2.07 bits per heavy atom. The Bertz CT molecular complexity index is 341. The lowest BCUT2D eigenvalue weighted by Gasteiger charge is -2.12. The van der Waals surface area contributed by atoms with Gasteiger partial charge in [-0.25, -0.2) is 0 Å². The molecule has 0 spiro atoms. The summed E-state index contributed by atoms with van der Waals surface area (Å²) in [7, 11) is 0. The standard InChI is InChI=1S/C13H19N/c1-3-9-7-10(4-2)13-11(8-9)5-6-12(13)14/h7-8,12H,3-6,14H2,1-2H3/t12-/m0/s1. The minimum atomic E-state index is 0.297. The van der Waals surface area contributed by atoms with Gasteiger partial charge in [0, 0.05) is 6.04 Å². The highest BCUT2D eigenvalue weighted by Crippen LogP contribution is 2.33. The Morgan fingerprint density at radius 1 is 1.29 bits per heavy atom. The molecule has 1 atom stereocenters. The summed E-state index contributed by atoms with van der Waals surface area (Å²) < 4.78 is 0. The highest BCUT2D eigenvalue weighted by atomic mass is 14.6. The van der Waals surface area contributed by atoms with Crippen molar-refractivity contribution >= 4 is 0 Å². The molecule has 1 aliphatic carbocycles. The summed E-state index contributed by atoms with van der Waals surface area (Å²) in [6, 6.07) is 4.98. The van der Waals surface area contributed by atoms with Gasteiger partial charge in [0.2, 0.25) is 0 Å². The molecule has 0 aromatic heterocycles. The van der Waals surface area contributed by atoms with E-state index in [1.54, 1.807) is 0 Å². The summed E-state index contributed by atoms with van der Waals surface area (Å²) in [6.07, 6.45) is 4.56. The molecule has 0 saturated carbocycles. The smallest absolute Gasteiger partial charge is 0.0303 e. The van der Waals surface area contributed by atoms with Crippen molar-refractivity contribution in [1.29, 1.82) is 0 Å². The fourth-order valence-corrected chi connectivity index (χ4v) is 2.49. The van der Waals surface area contributed by atoms with E-state index in [1.165, 1.54) is 28.7 Å². The highest BCUT2D eigenvalue weighted by Gasteiger charge is 2.21. The third-order valence-corrected chi connectivity index (χ3v) is 3.30. The average molecular weight is 189 g/mol. The van der Waals surface area contributed by atoms with Crippen LogP contribution >= 0.6 is 0 Å². The molecule has 0 bridgehead atoms. The van der Waals surface area contributed by atoms with Crippen molar-refractivity contribution in [3.05, 3.63) is 34.4 Å². The van der Waals surface area contributed by atoms with Crippen molar-refractivity contribution in [2.75, 3.05) is 0 Å². The fraction of sp³-hybridized carbons (Fsp3) is 0.538. The molecular weight excluding hydrogens is 170 g/mol. The molecule has 2 rings (SSSR count). The van der Waals surface area contributed by atoms with Crippen LogP contribution in [0.1, 0.15) is 48.6 Å². The third kappa shape index (κ3) is 1.46. The van der Waals surface area contributed by atoms with Crippen LogP contribution in [0.25, 0.3) is 0 Å². The molecule has 1 aromatic rings. The second-order valence-electron chi connectivity index (χ2n) is 4.18. The van der Waals surface area contributed by atoms with Gasteiger partial charge in [0.25, 0.3) is 0 Å². The van der Waals surface area contributed by atoms with E-state index in [9.17, 15) is 0 Å². The van der Waals surface area contributed by atoms with Crippen molar-refractivity contribution in [2.45, 2.75) is 45.6 Å². The summed E-state index contributed by atoms with van der Waals surface area (Å²) in [6.45, 7) is 4.44. The first kappa shape index (κ1) is 9.72. The van der Waals surface area contributed by atoms with Crippen molar-refractivity contribution in [3.63, 3.8) is 0 Å². The lowest BCUT2D eigenvalue weighted by Crippen LogP contribution is -2.08. The van der Waals surface area contributed by atoms with Gasteiger partial charge in [-0.1, -0.05) is 26.0 Å². The largest absolute Gasteiger partial charge is 0.324 e. The van der Waals surface area contributed by atoms with E-state index in [2.05, 4.69) is 26.0 Å². The van der Waals surface area contributed by atoms with Gasteiger partial charge in [-0.15, -0.1) is 0 Å². The van der Waals surface area contributed by atoms with Crippen LogP contribution in [0.2, 0.25) is 0 Å². The Labute approximate surface area is 86.3 Å². The predicted molar refractivity (Wildman–Crippen MR) is 60.4 cm³/mol. The SMILES string of the molecule is CCc1cc(CC)c2c(c1)CC[C@@H]2N. The maximum absolute atomic E-state index is 6.11. The quantitative estimate of drug-likeness (QED) is 0.760. The minimum Gasteiger partial charge on any atom is -0.324 e. The lowest BCUT2D eigenvalue weighted by atomic mass is 9.95. The first-order valence-electron chi connectivity index (χ1n) is 5.66. The van der Waals surface area contributed by atoms with Crippen molar-refractivity contribution in [2.24, 2.45) is 5.73 Å². The van der Waals surface area contributed by atoms with E-state index in [0.717, 1.165) is 19.3 Å². The van der Waals surface area contributed by atoms with Crippen LogP contribution < -0.4 is 5.73 Å². The number of fused-ring (bicyclic) bond motifs is 1. The molecule has 76 valence electrons. The average Bonchev–Trinajstić information content (AvgIpc) is 2.59. The van der Waals surface area contributed by atoms with Crippen LogP contribution in [-0.2, 0) is 19.3 Å². The molecule has 0 fully saturated rings. The number of hydrogen-bond donors (Lipinski definition) is 1. The van der Waals surface area contributed by atoms with Crippen molar-refractivity contribution in [3.8, 4) is 0 Å². The molecule has 0 heterocycles. The second kappa shape index (κ2) is 3.74. The van der Waals surface area contributed by atoms with Crippen LogP contribution in [0.15, 0.2) is 12.1 Å². The van der Waals surface area contributed by atoms with E-state index < -0.39 is 0 Å². The van der Waals surface area contributed by atoms with Crippen LogP contribution in [0.3, 0.4) is 0 Å². The summed E-state index contributed by atoms with van der Waals surface area (Å²) in [5.41, 5.74) is 12.0. The molecule has 0 saturated heterocycles. The monoisotopic (exact) mass is 189 g/mol. The van der Waals surface area contributed by atoms with Gasteiger partial charge in [0.05, 0.1) is 0 Å². The van der Waals surface area contributed by atoms with Crippen LogP contribution in [0.4, 0.5) is 0 Å². The highest BCUT2D eigenvalue weighted by molar-refractivity contribution is 5.44. The minimum absolute atomic E-state index is 0.297. The van der Waals surface area contributed by atoms with E-state index in [0.29, 0.717) is 6.04 Å². The molecule has 14 heavy (non-hydrogen) atoms. The molecule has 0 aliphatic heterocycles. The Hall–Kier alpha value is -0.820. The summed E-state index contributed by atoms with van der Waals surface area (Å²) in [5.74, 6) is 0. The maximum atomic E-state index is 6.11. The molecule has 0 amide bonds. The normalized spacial score (nSPS) is 19.8. The molecule has 2 N–H and O–H groups in total. The third-order valence-electron chi connectivity index (χ3n) is 3.30. The lowest BCUT2D eigenvalue weighted by molar-refractivity contribution is 0.707. The van der Waals surface area contributed by atoms with Crippen LogP contribution in [0, 0.1) is 0 Å². The first-order valence-corrected chi connectivity index (χ1v) is 5.66. The number of rotatable bonds is 2. The molecule has 0 radical (unpaired) electrons. The maximum Gasteiger partial charge on any atom is 0.0303 e. The van der Waals surface area contributed by atoms with Gasteiger partial charge >= 0.3 is 0 Å². The van der Waals surface area contributed by atoms with Gasteiger partial charge < -0.3 is 5.73 Å². The number of benzene rings is 1. The zero-order chi connectivity index (χ0) is 10.1. The zero-order valence-electron chi connectivity index (χ0n) is 9.14. The summed E-state index contributed by atoms with van der Waals surface area (Å²) in [4.78, 5) is 0. The van der Waals surface area contributed by atoms with E-state index in [-0.39, 0.29) is 0 Å². The van der Waals surface area contributed by atoms with Crippen molar-refractivity contribution < 1.29 is 0 Å². The number of nitrogens with two attached hydrogens (primary N) is 1. The van der Waals surface area contributed by atoms with Gasteiger partial charge in [-0.3, -0.25) is 0 Å². The summed E-state index contributed by atoms with van der Waals surface area (Å²) in [5, 5.41) is 0. The Balaban J connectivity index is 2.52. The zero-order valence-corrected chi connectivity index (χ0v) is 9.14. The Kier molecular flexibility index (Phi) is 2.60. The molecule has 1 aromatic carbocycles. The van der Waals surface area contributed by atoms with Gasteiger partial charge in [0.1, 0.15) is 0 Å². The number of hydrogen-bond acceptors (Lipinski definition) is 1. The van der Waals surface area contributed by atoms with Gasteiger partial charge in [-0.05, 0) is 47.9 Å². The Morgan fingerprint density at radius 3 is 2.71 bits per heavy atom. The van der Waals surface area contributed by atoms with E-state index in [4.69, 9.17) is 5.73 Å². The van der Waals surface area contributed by atoms with Gasteiger partial charge in [0.15, 0.2) is 0 Å². The first-order chi connectivity index (χ1) is 6.76. The van der Waals surface area contributed by atoms with Crippen molar-refractivity contribution in [1.82, 2.24) is 0 Å². The summed E-state index contributed by atoms with van der Waals surface area (Å²) >= 11 is 0. The van der Waals surface area contributed by atoms with E-state index in [1.807, 2.05) is 0 Å². The molecule has 1 aliphatic rings. The van der Waals surface area contributed by atoms with Gasteiger partial charge in [-0.2, -0.15) is 0 Å². The molecule has 0 unspecified atom stereocenters. The second-order valence-corrected chi connectivity index (χ2v) is 4.18.